The van der Waals surface area contributed by atoms with E-state index in [0.29, 0.717) is 6.54 Å². The highest BCUT2D eigenvalue weighted by Gasteiger charge is 2.09. The number of benzene rings is 2. The third-order valence-corrected chi connectivity index (χ3v) is 3.62. The highest BCUT2D eigenvalue weighted by atomic mass is 16.3. The van der Waals surface area contributed by atoms with E-state index in [1.165, 1.54) is 11.1 Å². The lowest BCUT2D eigenvalue weighted by molar-refractivity contribution is 0.184. The highest BCUT2D eigenvalue weighted by Crippen LogP contribution is 2.18. The summed E-state index contributed by atoms with van der Waals surface area (Å²) < 4.78 is 0. The lowest BCUT2D eigenvalue weighted by Gasteiger charge is -2.21. The van der Waals surface area contributed by atoms with Crippen LogP contribution < -0.4 is 0 Å². The molecule has 0 saturated carbocycles. The fraction of sp³-hybridized carbons (Fsp3) is 0.235. The monoisotopic (exact) mass is 281 g/mol. The fourth-order valence-electron chi connectivity index (χ4n) is 2.60. The van der Waals surface area contributed by atoms with Crippen molar-refractivity contribution >= 4 is 10.9 Å². The van der Waals surface area contributed by atoms with E-state index in [1.807, 2.05) is 30.5 Å². The van der Waals surface area contributed by atoms with Crippen LogP contribution in [0.4, 0.5) is 0 Å². The van der Waals surface area contributed by atoms with E-state index in [0.717, 1.165) is 24.0 Å². The van der Waals surface area contributed by atoms with Crippen LogP contribution in [0.1, 0.15) is 11.1 Å². The van der Waals surface area contributed by atoms with E-state index in [1.54, 1.807) is 0 Å². The van der Waals surface area contributed by atoms with Gasteiger partial charge in [-0.05, 0) is 11.1 Å². The Hall–Kier alpha value is -2.17. The summed E-state index contributed by atoms with van der Waals surface area (Å²) in [4.78, 5) is 2.24. The number of nitrogens with one attached hydrogen (secondary N) is 1. The van der Waals surface area contributed by atoms with E-state index >= 15 is 0 Å². The quantitative estimate of drug-likeness (QED) is 0.730. The molecule has 0 aliphatic heterocycles. The minimum absolute atomic E-state index is 0.159. The second-order valence-corrected chi connectivity index (χ2v) is 5.17. The fourth-order valence-corrected chi connectivity index (χ4v) is 2.60. The molecule has 1 aromatic heterocycles. The van der Waals surface area contributed by atoms with Crippen molar-refractivity contribution in [1.29, 1.82) is 0 Å². The molecule has 0 bridgehead atoms. The number of hydrogen-bond donors (Lipinski definition) is 2. The molecule has 0 aliphatic carbocycles. The zero-order chi connectivity index (χ0) is 14.5. The van der Waals surface area contributed by atoms with Gasteiger partial charge in [-0.1, -0.05) is 48.5 Å². The third-order valence-electron chi connectivity index (χ3n) is 3.62. The van der Waals surface area contributed by atoms with Crippen molar-refractivity contribution in [2.75, 3.05) is 13.2 Å². The summed E-state index contributed by atoms with van der Waals surface area (Å²) in [5.41, 5.74) is 3.53. The molecule has 0 spiro atoms. The summed E-state index contributed by atoms with van der Waals surface area (Å²) in [6, 6.07) is 16.5. The van der Waals surface area contributed by atoms with Crippen molar-refractivity contribution in [2.24, 2.45) is 0 Å². The number of para-hydroxylation sites is 1. The van der Waals surface area contributed by atoms with Gasteiger partial charge in [0.05, 0.1) is 18.3 Å². The Labute approximate surface area is 124 Å². The van der Waals surface area contributed by atoms with Gasteiger partial charge in [-0.15, -0.1) is 0 Å². The first-order valence-electron chi connectivity index (χ1n) is 7.15. The molecule has 21 heavy (non-hydrogen) atoms. The van der Waals surface area contributed by atoms with Crippen LogP contribution in [0.3, 0.4) is 0 Å². The molecule has 0 fully saturated rings. The summed E-state index contributed by atoms with van der Waals surface area (Å²) in [6.45, 7) is 2.42. The van der Waals surface area contributed by atoms with Gasteiger partial charge in [-0.2, -0.15) is 5.10 Å². The molecule has 0 aliphatic rings. The number of nitrogens with zero attached hydrogens (tertiary/aromatic N) is 2. The van der Waals surface area contributed by atoms with E-state index < -0.39 is 0 Å². The van der Waals surface area contributed by atoms with Gasteiger partial charge in [-0.3, -0.25) is 10.00 Å². The molecular weight excluding hydrogens is 262 g/mol. The molecule has 3 rings (SSSR count). The van der Waals surface area contributed by atoms with Crippen LogP contribution in [-0.2, 0) is 13.1 Å². The maximum Gasteiger partial charge on any atom is 0.0695 e. The Bertz CT molecular complexity index is 693. The second-order valence-electron chi connectivity index (χ2n) is 5.17. The van der Waals surface area contributed by atoms with Crippen LogP contribution in [0.15, 0.2) is 54.7 Å². The Morgan fingerprint density at radius 3 is 2.67 bits per heavy atom. The number of H-pyrrole nitrogens is 1. The Balaban J connectivity index is 1.80. The number of aliphatic hydroxyl groups excluding tert-OH is 1. The van der Waals surface area contributed by atoms with Gasteiger partial charge in [0.15, 0.2) is 0 Å². The van der Waals surface area contributed by atoms with E-state index in [4.69, 9.17) is 0 Å². The number of aromatic nitrogens is 2. The summed E-state index contributed by atoms with van der Waals surface area (Å²) in [5.74, 6) is 0. The molecule has 0 atom stereocenters. The number of hydrogen-bond acceptors (Lipinski definition) is 3. The van der Waals surface area contributed by atoms with Crippen molar-refractivity contribution in [2.45, 2.75) is 13.1 Å². The molecule has 0 radical (unpaired) electrons. The lowest BCUT2D eigenvalue weighted by Crippen LogP contribution is -2.26. The second kappa shape index (κ2) is 6.52. The van der Waals surface area contributed by atoms with Crippen LogP contribution in [0.25, 0.3) is 10.9 Å². The van der Waals surface area contributed by atoms with Gasteiger partial charge in [0.25, 0.3) is 0 Å². The SMILES string of the molecule is OCCN(Cc1ccccc1)Cc1cccc2cn[nH]c12. The zero-order valence-electron chi connectivity index (χ0n) is 11.9. The maximum absolute atomic E-state index is 9.30. The predicted molar refractivity (Wildman–Crippen MR) is 83.7 cm³/mol. The van der Waals surface area contributed by atoms with E-state index in [9.17, 15) is 5.11 Å². The first-order valence-corrected chi connectivity index (χ1v) is 7.15. The summed E-state index contributed by atoms with van der Waals surface area (Å²) >= 11 is 0. The minimum Gasteiger partial charge on any atom is -0.395 e. The average Bonchev–Trinajstić information content (AvgIpc) is 2.98. The summed E-state index contributed by atoms with van der Waals surface area (Å²) in [6.07, 6.45) is 1.84. The Morgan fingerprint density at radius 1 is 1.00 bits per heavy atom. The number of aliphatic hydroxyl groups is 1. The van der Waals surface area contributed by atoms with Crippen molar-refractivity contribution in [3.63, 3.8) is 0 Å². The average molecular weight is 281 g/mol. The third kappa shape index (κ3) is 3.29. The number of rotatable bonds is 6. The highest BCUT2D eigenvalue weighted by molar-refractivity contribution is 5.81. The van der Waals surface area contributed by atoms with Crippen LogP contribution in [-0.4, -0.2) is 33.4 Å². The molecule has 1 heterocycles. The van der Waals surface area contributed by atoms with Gasteiger partial charge in [0.1, 0.15) is 0 Å². The largest absolute Gasteiger partial charge is 0.395 e. The zero-order valence-corrected chi connectivity index (χ0v) is 11.9. The standard InChI is InChI=1S/C17H19N3O/c21-10-9-20(12-14-5-2-1-3-6-14)13-16-8-4-7-15-11-18-19-17(15)16/h1-8,11,21H,9-10,12-13H2,(H,18,19). The molecule has 0 saturated heterocycles. The van der Waals surface area contributed by atoms with Crippen molar-refractivity contribution in [1.82, 2.24) is 15.1 Å². The summed E-state index contributed by atoms with van der Waals surface area (Å²) in [5, 5.41) is 17.6. The van der Waals surface area contributed by atoms with Crippen LogP contribution >= 0.6 is 0 Å². The van der Waals surface area contributed by atoms with Crippen LogP contribution in [0, 0.1) is 0 Å². The van der Waals surface area contributed by atoms with Crippen LogP contribution in [0.5, 0.6) is 0 Å². The molecular formula is C17H19N3O. The Morgan fingerprint density at radius 2 is 1.86 bits per heavy atom. The van der Waals surface area contributed by atoms with Crippen LogP contribution in [0.2, 0.25) is 0 Å². The van der Waals surface area contributed by atoms with Gasteiger partial charge in [0.2, 0.25) is 0 Å². The molecule has 0 amide bonds. The summed E-state index contributed by atoms with van der Waals surface area (Å²) in [7, 11) is 0. The molecule has 108 valence electrons. The molecule has 2 N–H and O–H groups in total. The van der Waals surface area contributed by atoms with Gasteiger partial charge in [0, 0.05) is 25.0 Å². The molecule has 3 aromatic rings. The predicted octanol–water partition coefficient (Wildman–Crippen LogP) is 2.56. The lowest BCUT2D eigenvalue weighted by atomic mass is 10.1. The Kier molecular flexibility index (Phi) is 4.28. The first kappa shape index (κ1) is 13.8. The van der Waals surface area contributed by atoms with E-state index in [2.05, 4.69) is 39.4 Å². The number of aromatic amines is 1. The minimum atomic E-state index is 0.159. The number of fused-ring (bicyclic) bond motifs is 1. The van der Waals surface area contributed by atoms with Gasteiger partial charge in [-0.25, -0.2) is 0 Å². The normalized spacial score (nSPS) is 11.3. The molecule has 2 aromatic carbocycles. The first-order chi connectivity index (χ1) is 10.4. The topological polar surface area (TPSA) is 52.1 Å². The van der Waals surface area contributed by atoms with Gasteiger partial charge >= 0.3 is 0 Å². The molecule has 4 heteroatoms. The maximum atomic E-state index is 9.30. The van der Waals surface area contributed by atoms with Gasteiger partial charge < -0.3 is 5.11 Å². The van der Waals surface area contributed by atoms with E-state index in [-0.39, 0.29) is 6.61 Å². The molecule has 0 unspecified atom stereocenters. The van der Waals surface area contributed by atoms with Crippen molar-refractivity contribution < 1.29 is 5.11 Å². The molecule has 4 nitrogen and oxygen atoms in total. The van der Waals surface area contributed by atoms with Crippen molar-refractivity contribution in [3.05, 3.63) is 65.9 Å². The van der Waals surface area contributed by atoms with Crippen molar-refractivity contribution in [3.8, 4) is 0 Å². The smallest absolute Gasteiger partial charge is 0.0695 e.